The molecule has 1 aliphatic heterocycles. The van der Waals surface area contributed by atoms with E-state index in [-0.39, 0.29) is 0 Å². The number of fused-ring (bicyclic) bond motifs is 1. The molecule has 3 heteroatoms. The van der Waals surface area contributed by atoms with Gasteiger partial charge in [-0.05, 0) is 37.7 Å². The Hall–Kier alpha value is -0.830. The van der Waals surface area contributed by atoms with Crippen molar-refractivity contribution >= 4 is 0 Å². The van der Waals surface area contributed by atoms with E-state index in [2.05, 4.69) is 22.0 Å². The Labute approximate surface area is 84.5 Å². The van der Waals surface area contributed by atoms with Crippen LogP contribution >= 0.6 is 0 Å². The van der Waals surface area contributed by atoms with E-state index in [4.69, 9.17) is 0 Å². The zero-order chi connectivity index (χ0) is 9.54. The number of H-pyrrole nitrogens is 1. The Kier molecular flexibility index (Phi) is 1.87. The van der Waals surface area contributed by atoms with Crippen molar-refractivity contribution in [2.45, 2.75) is 32.7 Å². The average Bonchev–Trinajstić information content (AvgIpc) is 2.92. The summed E-state index contributed by atoms with van der Waals surface area (Å²) in [6.07, 6.45) is 4.08. The van der Waals surface area contributed by atoms with E-state index in [1.165, 1.54) is 49.3 Å². The van der Waals surface area contributed by atoms with Crippen molar-refractivity contribution in [1.82, 2.24) is 15.1 Å². The zero-order valence-electron chi connectivity index (χ0n) is 8.71. The van der Waals surface area contributed by atoms with Crippen LogP contribution in [0.3, 0.4) is 0 Å². The molecule has 2 heterocycles. The molecule has 1 aromatic rings. The van der Waals surface area contributed by atoms with E-state index in [1.807, 2.05) is 0 Å². The fourth-order valence-electron chi connectivity index (χ4n) is 2.36. The first-order valence-electron chi connectivity index (χ1n) is 5.58. The number of nitrogens with zero attached hydrogens (tertiary/aromatic N) is 2. The summed E-state index contributed by atoms with van der Waals surface area (Å²) in [5.41, 5.74) is 4.03. The quantitative estimate of drug-likeness (QED) is 0.768. The first-order chi connectivity index (χ1) is 6.83. The van der Waals surface area contributed by atoms with Gasteiger partial charge in [-0.25, -0.2) is 0 Å². The minimum atomic E-state index is 1.00. The van der Waals surface area contributed by atoms with Gasteiger partial charge in [-0.3, -0.25) is 10.00 Å². The van der Waals surface area contributed by atoms with Crippen molar-refractivity contribution in [1.29, 1.82) is 0 Å². The number of aromatic nitrogens is 2. The molecule has 1 N–H and O–H groups in total. The zero-order valence-corrected chi connectivity index (χ0v) is 8.71. The van der Waals surface area contributed by atoms with Gasteiger partial charge in [0.2, 0.25) is 0 Å². The molecule has 0 saturated heterocycles. The topological polar surface area (TPSA) is 31.9 Å². The van der Waals surface area contributed by atoms with Gasteiger partial charge in [0.1, 0.15) is 0 Å². The van der Waals surface area contributed by atoms with Gasteiger partial charge in [-0.2, -0.15) is 5.10 Å². The van der Waals surface area contributed by atoms with Gasteiger partial charge in [0.05, 0.1) is 11.4 Å². The van der Waals surface area contributed by atoms with Crippen molar-refractivity contribution in [3.63, 3.8) is 0 Å². The fraction of sp³-hybridized carbons (Fsp3) is 0.727. The highest BCUT2D eigenvalue weighted by Gasteiger charge is 2.27. The van der Waals surface area contributed by atoms with Crippen LogP contribution in [-0.2, 0) is 13.0 Å². The summed E-state index contributed by atoms with van der Waals surface area (Å²) in [7, 11) is 0. The lowest BCUT2D eigenvalue weighted by atomic mass is 10.0. The smallest absolute Gasteiger partial charge is 0.0627 e. The molecular formula is C11H17N3. The van der Waals surface area contributed by atoms with Crippen molar-refractivity contribution in [3.05, 3.63) is 17.0 Å². The third kappa shape index (κ3) is 1.46. The average molecular weight is 191 g/mol. The van der Waals surface area contributed by atoms with Gasteiger partial charge in [-0.15, -0.1) is 0 Å². The van der Waals surface area contributed by atoms with Crippen molar-refractivity contribution < 1.29 is 0 Å². The lowest BCUT2D eigenvalue weighted by molar-refractivity contribution is 0.241. The predicted molar refractivity (Wildman–Crippen MR) is 55.0 cm³/mol. The third-order valence-electron chi connectivity index (χ3n) is 3.43. The van der Waals surface area contributed by atoms with E-state index in [1.54, 1.807) is 0 Å². The predicted octanol–water partition coefficient (Wildman–Crippen LogP) is 1.49. The Morgan fingerprint density at radius 1 is 1.50 bits per heavy atom. The van der Waals surface area contributed by atoms with Gasteiger partial charge in [0.25, 0.3) is 0 Å². The molecule has 0 spiro atoms. The van der Waals surface area contributed by atoms with Crippen LogP contribution in [0.4, 0.5) is 0 Å². The molecule has 0 amide bonds. The van der Waals surface area contributed by atoms with Gasteiger partial charge in [0.15, 0.2) is 0 Å². The van der Waals surface area contributed by atoms with Crippen LogP contribution in [0, 0.1) is 12.8 Å². The highest BCUT2D eigenvalue weighted by molar-refractivity contribution is 5.26. The first kappa shape index (κ1) is 8.48. The standard InChI is InChI=1S/C11H17N3/c1-8-10-4-5-14(6-9-2-3-9)7-11(10)13-12-8/h9H,2-7H2,1H3,(H,12,13). The largest absolute Gasteiger partial charge is 0.297 e. The van der Waals surface area contributed by atoms with Crippen LogP contribution in [0.2, 0.25) is 0 Å². The maximum Gasteiger partial charge on any atom is 0.0627 e. The Morgan fingerprint density at radius 3 is 3.14 bits per heavy atom. The molecular weight excluding hydrogens is 174 g/mol. The van der Waals surface area contributed by atoms with Gasteiger partial charge < -0.3 is 0 Å². The SMILES string of the molecule is Cc1n[nH]c2c1CCN(CC1CC1)C2. The van der Waals surface area contributed by atoms with Crippen molar-refractivity contribution in [3.8, 4) is 0 Å². The second-order valence-corrected chi connectivity index (χ2v) is 4.69. The summed E-state index contributed by atoms with van der Waals surface area (Å²) in [5, 5.41) is 7.43. The molecule has 1 aliphatic carbocycles. The minimum Gasteiger partial charge on any atom is -0.297 e. The van der Waals surface area contributed by atoms with E-state index < -0.39 is 0 Å². The van der Waals surface area contributed by atoms with E-state index in [0.29, 0.717) is 0 Å². The third-order valence-corrected chi connectivity index (χ3v) is 3.43. The fourth-order valence-corrected chi connectivity index (χ4v) is 2.36. The second-order valence-electron chi connectivity index (χ2n) is 4.69. The molecule has 1 aromatic heterocycles. The molecule has 1 saturated carbocycles. The summed E-state index contributed by atoms with van der Waals surface area (Å²) >= 11 is 0. The van der Waals surface area contributed by atoms with Gasteiger partial charge >= 0.3 is 0 Å². The number of aryl methyl sites for hydroxylation is 1. The summed E-state index contributed by atoms with van der Waals surface area (Å²) in [6, 6.07) is 0. The maximum atomic E-state index is 4.28. The molecule has 0 unspecified atom stereocenters. The number of aromatic amines is 1. The van der Waals surface area contributed by atoms with Crippen LogP contribution in [0.5, 0.6) is 0 Å². The molecule has 2 aliphatic rings. The number of nitrogens with one attached hydrogen (secondary N) is 1. The van der Waals surface area contributed by atoms with Crippen LogP contribution in [0.15, 0.2) is 0 Å². The number of hydrogen-bond acceptors (Lipinski definition) is 2. The van der Waals surface area contributed by atoms with Crippen molar-refractivity contribution in [2.24, 2.45) is 5.92 Å². The summed E-state index contributed by atoms with van der Waals surface area (Å²) in [4.78, 5) is 2.57. The van der Waals surface area contributed by atoms with E-state index in [9.17, 15) is 0 Å². The summed E-state index contributed by atoms with van der Waals surface area (Å²) in [6.45, 7) is 5.72. The molecule has 3 nitrogen and oxygen atoms in total. The Morgan fingerprint density at radius 2 is 2.36 bits per heavy atom. The lowest BCUT2D eigenvalue weighted by Gasteiger charge is -2.26. The molecule has 0 aromatic carbocycles. The van der Waals surface area contributed by atoms with E-state index >= 15 is 0 Å². The molecule has 14 heavy (non-hydrogen) atoms. The molecule has 76 valence electrons. The van der Waals surface area contributed by atoms with Crippen LogP contribution in [-0.4, -0.2) is 28.2 Å². The molecule has 0 atom stereocenters. The number of hydrogen-bond donors (Lipinski definition) is 1. The van der Waals surface area contributed by atoms with Crippen molar-refractivity contribution in [2.75, 3.05) is 13.1 Å². The summed E-state index contributed by atoms with van der Waals surface area (Å²) < 4.78 is 0. The first-order valence-corrected chi connectivity index (χ1v) is 5.58. The summed E-state index contributed by atoms with van der Waals surface area (Å²) in [5.74, 6) is 1.00. The molecule has 3 rings (SSSR count). The molecule has 0 radical (unpaired) electrons. The second kappa shape index (κ2) is 3.09. The minimum absolute atomic E-state index is 1.00. The van der Waals surface area contributed by atoms with Crippen LogP contribution in [0.25, 0.3) is 0 Å². The van der Waals surface area contributed by atoms with Gasteiger partial charge in [-0.1, -0.05) is 0 Å². The Bertz CT molecular complexity index is 338. The van der Waals surface area contributed by atoms with E-state index in [0.717, 1.165) is 12.5 Å². The molecule has 0 bridgehead atoms. The van der Waals surface area contributed by atoms with Crippen LogP contribution < -0.4 is 0 Å². The highest BCUT2D eigenvalue weighted by Crippen LogP contribution is 2.31. The monoisotopic (exact) mass is 191 g/mol. The normalized spacial score (nSPS) is 22.4. The Balaban J connectivity index is 1.72. The van der Waals surface area contributed by atoms with Gasteiger partial charge in [0, 0.05) is 19.6 Å². The van der Waals surface area contributed by atoms with Crippen LogP contribution in [0.1, 0.15) is 29.8 Å². The number of rotatable bonds is 2. The maximum absolute atomic E-state index is 4.28. The molecule has 1 fully saturated rings. The lowest BCUT2D eigenvalue weighted by Crippen LogP contribution is -2.32. The highest BCUT2D eigenvalue weighted by atomic mass is 15.2.